The molecule has 0 aromatic heterocycles. The van der Waals surface area contributed by atoms with Crippen molar-refractivity contribution in [2.24, 2.45) is 0 Å². The zero-order valence-corrected chi connectivity index (χ0v) is 11.4. The van der Waals surface area contributed by atoms with Crippen molar-refractivity contribution < 1.29 is 24.2 Å². The van der Waals surface area contributed by atoms with Gasteiger partial charge in [0.25, 0.3) is 0 Å². The quantitative estimate of drug-likeness (QED) is 0.691. The first-order valence-corrected chi connectivity index (χ1v) is 6.39. The largest absolute Gasteiger partial charge is 0.508 e. The van der Waals surface area contributed by atoms with Gasteiger partial charge in [0.1, 0.15) is 17.1 Å². The fraction of sp³-hybridized carbons (Fsp3) is 0.125. The molecular formula is C16H14O5. The van der Waals surface area contributed by atoms with E-state index in [1.807, 2.05) is 0 Å². The van der Waals surface area contributed by atoms with Crippen molar-refractivity contribution in [2.45, 2.75) is 6.92 Å². The molecule has 0 radical (unpaired) electrons. The van der Waals surface area contributed by atoms with E-state index in [2.05, 4.69) is 0 Å². The molecule has 0 atom stereocenters. The molecule has 0 fully saturated rings. The number of carbonyl (C=O) groups excluding carboxylic acids is 2. The maximum absolute atomic E-state index is 12.0. The summed E-state index contributed by atoms with van der Waals surface area (Å²) in [5.41, 5.74) is 0.456. The molecular weight excluding hydrogens is 272 g/mol. The van der Waals surface area contributed by atoms with Crippen LogP contribution in [-0.4, -0.2) is 23.7 Å². The van der Waals surface area contributed by atoms with Gasteiger partial charge in [-0.15, -0.1) is 0 Å². The summed E-state index contributed by atoms with van der Waals surface area (Å²) in [6, 6.07) is 12.0. The zero-order valence-electron chi connectivity index (χ0n) is 11.4. The Kier molecular flexibility index (Phi) is 4.56. The number of ether oxygens (including phenoxy) is 2. The molecule has 108 valence electrons. The fourth-order valence-corrected chi connectivity index (χ4v) is 1.69. The molecule has 5 heteroatoms. The lowest BCUT2D eigenvalue weighted by Crippen LogP contribution is -2.12. The summed E-state index contributed by atoms with van der Waals surface area (Å²) in [6.07, 6.45) is 0. The number of phenols is 1. The van der Waals surface area contributed by atoms with Gasteiger partial charge in [0.2, 0.25) is 0 Å². The average molecular weight is 286 g/mol. The van der Waals surface area contributed by atoms with E-state index in [9.17, 15) is 14.7 Å². The molecule has 0 saturated heterocycles. The average Bonchev–Trinajstić information content (AvgIpc) is 2.48. The predicted molar refractivity (Wildman–Crippen MR) is 75.5 cm³/mol. The SMILES string of the molecule is CCOC(=O)c1ccccc1OC(=O)c1ccc(O)cc1. The van der Waals surface area contributed by atoms with Crippen LogP contribution < -0.4 is 4.74 Å². The third-order valence-electron chi connectivity index (χ3n) is 2.69. The van der Waals surface area contributed by atoms with Gasteiger partial charge < -0.3 is 14.6 Å². The maximum Gasteiger partial charge on any atom is 0.343 e. The Labute approximate surface area is 121 Å². The lowest BCUT2D eigenvalue weighted by Gasteiger charge is -2.09. The monoisotopic (exact) mass is 286 g/mol. The molecule has 0 heterocycles. The predicted octanol–water partition coefficient (Wildman–Crippen LogP) is 2.79. The van der Waals surface area contributed by atoms with Gasteiger partial charge in [-0.05, 0) is 43.3 Å². The normalized spacial score (nSPS) is 9.95. The van der Waals surface area contributed by atoms with Gasteiger partial charge >= 0.3 is 11.9 Å². The van der Waals surface area contributed by atoms with E-state index in [0.29, 0.717) is 0 Å². The van der Waals surface area contributed by atoms with E-state index in [-0.39, 0.29) is 29.2 Å². The molecule has 0 spiro atoms. The van der Waals surface area contributed by atoms with Crippen molar-refractivity contribution in [3.05, 3.63) is 59.7 Å². The number of carbonyl (C=O) groups is 2. The summed E-state index contributed by atoms with van der Waals surface area (Å²) in [7, 11) is 0. The molecule has 1 N–H and O–H groups in total. The molecule has 2 aromatic carbocycles. The minimum Gasteiger partial charge on any atom is -0.508 e. The number of para-hydroxylation sites is 1. The van der Waals surface area contributed by atoms with Gasteiger partial charge in [-0.1, -0.05) is 12.1 Å². The third kappa shape index (κ3) is 3.60. The molecule has 21 heavy (non-hydrogen) atoms. The van der Waals surface area contributed by atoms with Crippen LogP contribution in [0.5, 0.6) is 11.5 Å². The molecule has 0 bridgehead atoms. The highest BCUT2D eigenvalue weighted by molar-refractivity contribution is 5.96. The molecule has 0 unspecified atom stereocenters. The summed E-state index contributed by atoms with van der Waals surface area (Å²) >= 11 is 0. The minimum atomic E-state index is -0.619. The Morgan fingerprint density at radius 1 is 1.00 bits per heavy atom. The Morgan fingerprint density at radius 2 is 1.67 bits per heavy atom. The van der Waals surface area contributed by atoms with Gasteiger partial charge in [-0.25, -0.2) is 9.59 Å². The van der Waals surface area contributed by atoms with Crippen LogP contribution in [0.15, 0.2) is 48.5 Å². The van der Waals surface area contributed by atoms with Crippen LogP contribution in [0.25, 0.3) is 0 Å². The second-order valence-corrected chi connectivity index (χ2v) is 4.15. The van der Waals surface area contributed by atoms with Crippen molar-refractivity contribution in [2.75, 3.05) is 6.61 Å². The molecule has 0 aliphatic rings. The first-order chi connectivity index (χ1) is 10.1. The van der Waals surface area contributed by atoms with Crippen molar-refractivity contribution in [3.63, 3.8) is 0 Å². The number of aromatic hydroxyl groups is 1. The molecule has 0 aliphatic heterocycles. The Morgan fingerprint density at radius 3 is 2.33 bits per heavy atom. The number of esters is 2. The third-order valence-corrected chi connectivity index (χ3v) is 2.69. The molecule has 5 nitrogen and oxygen atoms in total. The van der Waals surface area contributed by atoms with Crippen LogP contribution in [0, 0.1) is 0 Å². The summed E-state index contributed by atoms with van der Waals surface area (Å²) in [5.74, 6) is -0.981. The zero-order chi connectivity index (χ0) is 15.2. The Balaban J connectivity index is 2.21. The van der Waals surface area contributed by atoms with Crippen LogP contribution in [-0.2, 0) is 4.74 Å². The van der Waals surface area contributed by atoms with Crippen molar-refractivity contribution >= 4 is 11.9 Å². The van der Waals surface area contributed by atoms with Crippen molar-refractivity contribution in [1.29, 1.82) is 0 Å². The summed E-state index contributed by atoms with van der Waals surface area (Å²) in [4.78, 5) is 23.8. The Bertz CT molecular complexity index is 646. The maximum atomic E-state index is 12.0. The highest BCUT2D eigenvalue weighted by Crippen LogP contribution is 2.21. The van der Waals surface area contributed by atoms with E-state index in [0.717, 1.165) is 0 Å². The second kappa shape index (κ2) is 6.56. The van der Waals surface area contributed by atoms with Gasteiger partial charge in [-0.3, -0.25) is 0 Å². The first kappa shape index (κ1) is 14.6. The molecule has 0 amide bonds. The van der Waals surface area contributed by atoms with Crippen molar-refractivity contribution in [1.82, 2.24) is 0 Å². The summed E-state index contributed by atoms with van der Waals surface area (Å²) in [6.45, 7) is 1.93. The molecule has 0 saturated carbocycles. The smallest absolute Gasteiger partial charge is 0.343 e. The number of hydrogen-bond donors (Lipinski definition) is 1. The van der Waals surface area contributed by atoms with Gasteiger partial charge in [0.15, 0.2) is 0 Å². The number of hydrogen-bond acceptors (Lipinski definition) is 5. The number of rotatable bonds is 4. The van der Waals surface area contributed by atoms with Crippen molar-refractivity contribution in [3.8, 4) is 11.5 Å². The summed E-state index contributed by atoms with van der Waals surface area (Å²) < 4.78 is 10.1. The molecule has 2 aromatic rings. The Hall–Kier alpha value is -2.82. The molecule has 0 aliphatic carbocycles. The van der Waals surface area contributed by atoms with E-state index in [4.69, 9.17) is 9.47 Å². The standard InChI is InChI=1S/C16H14O5/c1-2-20-16(19)13-5-3-4-6-14(13)21-15(18)11-7-9-12(17)10-8-11/h3-10,17H,2H2,1H3. The van der Waals surface area contributed by atoms with Crippen LogP contribution >= 0.6 is 0 Å². The number of benzene rings is 2. The fourth-order valence-electron chi connectivity index (χ4n) is 1.69. The van der Waals surface area contributed by atoms with E-state index in [1.165, 1.54) is 36.4 Å². The van der Waals surface area contributed by atoms with Gasteiger partial charge in [0, 0.05) is 0 Å². The lowest BCUT2D eigenvalue weighted by atomic mass is 10.2. The topological polar surface area (TPSA) is 72.8 Å². The van der Waals surface area contributed by atoms with Crippen LogP contribution in [0.4, 0.5) is 0 Å². The van der Waals surface area contributed by atoms with E-state index >= 15 is 0 Å². The van der Waals surface area contributed by atoms with Crippen LogP contribution in [0.2, 0.25) is 0 Å². The molecule has 2 rings (SSSR count). The van der Waals surface area contributed by atoms with Crippen LogP contribution in [0.3, 0.4) is 0 Å². The van der Waals surface area contributed by atoms with E-state index in [1.54, 1.807) is 19.1 Å². The second-order valence-electron chi connectivity index (χ2n) is 4.15. The highest BCUT2D eigenvalue weighted by atomic mass is 16.5. The first-order valence-electron chi connectivity index (χ1n) is 6.39. The highest BCUT2D eigenvalue weighted by Gasteiger charge is 2.16. The van der Waals surface area contributed by atoms with E-state index < -0.39 is 11.9 Å². The van der Waals surface area contributed by atoms with Gasteiger partial charge in [-0.2, -0.15) is 0 Å². The summed E-state index contributed by atoms with van der Waals surface area (Å²) in [5, 5.41) is 9.19. The van der Waals surface area contributed by atoms with Crippen LogP contribution in [0.1, 0.15) is 27.6 Å². The lowest BCUT2D eigenvalue weighted by molar-refractivity contribution is 0.0520. The minimum absolute atomic E-state index is 0.0541. The number of phenolic OH excluding ortho intramolecular Hbond substituents is 1. The van der Waals surface area contributed by atoms with Gasteiger partial charge in [0.05, 0.1) is 12.2 Å².